The van der Waals surface area contributed by atoms with E-state index in [0.717, 1.165) is 49.3 Å². The van der Waals surface area contributed by atoms with Gasteiger partial charge >= 0.3 is 0 Å². The second-order valence-electron chi connectivity index (χ2n) is 6.69. The highest BCUT2D eigenvalue weighted by molar-refractivity contribution is 6.32. The maximum absolute atomic E-state index is 12.9. The van der Waals surface area contributed by atoms with E-state index in [9.17, 15) is 4.79 Å². The molecule has 1 aromatic heterocycles. The lowest BCUT2D eigenvalue weighted by molar-refractivity contribution is 0.0949. The number of hydrogen-bond donors (Lipinski definition) is 1. The van der Waals surface area contributed by atoms with Gasteiger partial charge in [-0.2, -0.15) is 5.10 Å². The Bertz CT molecular complexity index is 739. The summed E-state index contributed by atoms with van der Waals surface area (Å²) in [6, 6.07) is 7.63. The van der Waals surface area contributed by atoms with Crippen molar-refractivity contribution in [2.24, 2.45) is 0 Å². The number of carbonyl (C=O) groups is 1. The fourth-order valence-corrected chi connectivity index (χ4v) is 3.17. The van der Waals surface area contributed by atoms with Crippen LogP contribution in [0.25, 0.3) is 5.69 Å². The Morgan fingerprint density at radius 2 is 1.88 bits per heavy atom. The molecular formula is C20H29ClN4O. The summed E-state index contributed by atoms with van der Waals surface area (Å²) in [5, 5.41) is 8.45. The summed E-state index contributed by atoms with van der Waals surface area (Å²) in [6.45, 7) is 5.62. The molecule has 0 radical (unpaired) electrons. The van der Waals surface area contributed by atoms with Crippen LogP contribution in [0.3, 0.4) is 0 Å². The Morgan fingerprint density at radius 3 is 2.50 bits per heavy atom. The van der Waals surface area contributed by atoms with Gasteiger partial charge in [-0.1, -0.05) is 50.4 Å². The summed E-state index contributed by atoms with van der Waals surface area (Å²) in [5.41, 5.74) is 3.32. The van der Waals surface area contributed by atoms with Gasteiger partial charge in [0, 0.05) is 13.1 Å². The van der Waals surface area contributed by atoms with E-state index >= 15 is 0 Å². The lowest BCUT2D eigenvalue weighted by Gasteiger charge is -2.12. The molecule has 0 atom stereocenters. The predicted octanol–water partition coefficient (Wildman–Crippen LogP) is 3.72. The van der Waals surface area contributed by atoms with E-state index in [1.165, 1.54) is 0 Å². The fraction of sp³-hybridized carbons (Fsp3) is 0.500. The van der Waals surface area contributed by atoms with E-state index in [4.69, 9.17) is 16.7 Å². The van der Waals surface area contributed by atoms with Crippen LogP contribution < -0.4 is 5.32 Å². The summed E-state index contributed by atoms with van der Waals surface area (Å²) in [6.07, 6.45) is 3.41. The minimum Gasteiger partial charge on any atom is -0.351 e. The van der Waals surface area contributed by atoms with Crippen LogP contribution in [0.15, 0.2) is 24.3 Å². The van der Waals surface area contributed by atoms with Crippen molar-refractivity contribution in [3.8, 4) is 5.69 Å². The van der Waals surface area contributed by atoms with Crippen molar-refractivity contribution in [1.29, 1.82) is 0 Å². The van der Waals surface area contributed by atoms with Gasteiger partial charge in [0.15, 0.2) is 0 Å². The number of nitrogens with zero attached hydrogens (tertiary/aromatic N) is 3. The first-order valence-corrected chi connectivity index (χ1v) is 9.65. The number of carbonyl (C=O) groups excluding carboxylic acids is 1. The molecule has 2 rings (SSSR count). The highest BCUT2D eigenvalue weighted by Gasteiger charge is 2.24. The molecule has 0 saturated heterocycles. The molecule has 1 N–H and O–H groups in total. The molecule has 142 valence electrons. The van der Waals surface area contributed by atoms with Crippen LogP contribution in [-0.4, -0.2) is 47.8 Å². The van der Waals surface area contributed by atoms with E-state index < -0.39 is 0 Å². The van der Waals surface area contributed by atoms with Gasteiger partial charge in [0.1, 0.15) is 0 Å². The summed E-state index contributed by atoms with van der Waals surface area (Å²) >= 11 is 6.40. The van der Waals surface area contributed by atoms with Crippen molar-refractivity contribution < 1.29 is 4.79 Å². The van der Waals surface area contributed by atoms with E-state index in [0.29, 0.717) is 17.1 Å². The van der Waals surface area contributed by atoms with Crippen molar-refractivity contribution in [2.45, 2.75) is 39.5 Å². The van der Waals surface area contributed by atoms with Gasteiger partial charge in [-0.15, -0.1) is 0 Å². The first-order valence-electron chi connectivity index (χ1n) is 9.28. The first-order chi connectivity index (χ1) is 12.5. The number of aryl methyl sites for hydroxylation is 1. The molecular weight excluding hydrogens is 348 g/mol. The number of rotatable bonds is 9. The third-order valence-corrected chi connectivity index (χ3v) is 4.50. The van der Waals surface area contributed by atoms with Gasteiger partial charge in [-0.05, 0) is 39.1 Å². The number of amides is 1. The van der Waals surface area contributed by atoms with Gasteiger partial charge in [-0.25, -0.2) is 4.68 Å². The van der Waals surface area contributed by atoms with Crippen LogP contribution in [-0.2, 0) is 12.8 Å². The van der Waals surface area contributed by atoms with Gasteiger partial charge in [0.05, 0.1) is 27.7 Å². The molecule has 6 heteroatoms. The van der Waals surface area contributed by atoms with Crippen LogP contribution in [0.1, 0.15) is 48.4 Å². The number of aromatic nitrogens is 2. The molecule has 0 aliphatic rings. The number of hydrogen-bond acceptors (Lipinski definition) is 3. The Morgan fingerprint density at radius 1 is 1.19 bits per heavy atom. The van der Waals surface area contributed by atoms with Gasteiger partial charge in [0.25, 0.3) is 5.91 Å². The monoisotopic (exact) mass is 376 g/mol. The molecule has 1 aromatic carbocycles. The lowest BCUT2D eigenvalue weighted by Crippen LogP contribution is -2.32. The molecule has 0 bridgehead atoms. The van der Waals surface area contributed by atoms with Crippen molar-refractivity contribution in [3.63, 3.8) is 0 Å². The van der Waals surface area contributed by atoms with E-state index in [-0.39, 0.29) is 5.91 Å². The van der Waals surface area contributed by atoms with E-state index in [1.807, 2.05) is 47.9 Å². The molecule has 0 aliphatic carbocycles. The molecule has 1 amide bonds. The van der Waals surface area contributed by atoms with Crippen molar-refractivity contribution in [2.75, 3.05) is 27.2 Å². The topological polar surface area (TPSA) is 50.2 Å². The SMILES string of the molecule is CCCc1nn(-c2ccccc2Cl)c(CCC)c1C(=O)NCCN(C)C. The number of likely N-dealkylation sites (N-methyl/N-ethyl adjacent to an activating group) is 1. The average molecular weight is 377 g/mol. The number of benzene rings is 1. The summed E-state index contributed by atoms with van der Waals surface area (Å²) in [5.74, 6) is -0.0444. The smallest absolute Gasteiger partial charge is 0.255 e. The third-order valence-electron chi connectivity index (χ3n) is 4.18. The molecule has 26 heavy (non-hydrogen) atoms. The molecule has 0 unspecified atom stereocenters. The molecule has 1 heterocycles. The third kappa shape index (κ3) is 4.86. The highest BCUT2D eigenvalue weighted by Crippen LogP contribution is 2.26. The Kier molecular flexibility index (Phi) is 7.66. The molecule has 0 saturated carbocycles. The Labute approximate surface area is 161 Å². The second kappa shape index (κ2) is 9.74. The fourth-order valence-electron chi connectivity index (χ4n) is 2.95. The normalized spacial score (nSPS) is 11.2. The molecule has 0 spiro atoms. The number of halogens is 1. The summed E-state index contributed by atoms with van der Waals surface area (Å²) in [7, 11) is 3.99. The predicted molar refractivity (Wildman–Crippen MR) is 107 cm³/mol. The summed E-state index contributed by atoms with van der Waals surface area (Å²) < 4.78 is 1.86. The maximum Gasteiger partial charge on any atom is 0.255 e. The first kappa shape index (κ1) is 20.5. The van der Waals surface area contributed by atoms with Crippen molar-refractivity contribution in [3.05, 3.63) is 46.2 Å². The number of nitrogens with one attached hydrogen (secondary N) is 1. The van der Waals surface area contributed by atoms with Crippen LogP contribution in [0.2, 0.25) is 5.02 Å². The maximum atomic E-state index is 12.9. The largest absolute Gasteiger partial charge is 0.351 e. The molecule has 2 aromatic rings. The summed E-state index contributed by atoms with van der Waals surface area (Å²) in [4.78, 5) is 15.0. The highest BCUT2D eigenvalue weighted by atomic mass is 35.5. The van der Waals surface area contributed by atoms with E-state index in [2.05, 4.69) is 19.2 Å². The van der Waals surface area contributed by atoms with Gasteiger partial charge in [-0.3, -0.25) is 4.79 Å². The van der Waals surface area contributed by atoms with Crippen LogP contribution in [0.5, 0.6) is 0 Å². The Balaban J connectivity index is 2.47. The van der Waals surface area contributed by atoms with Gasteiger partial charge in [0.2, 0.25) is 0 Å². The quantitative estimate of drug-likeness (QED) is 0.725. The average Bonchev–Trinajstić information content (AvgIpc) is 2.93. The molecule has 0 fully saturated rings. The number of para-hydroxylation sites is 1. The zero-order valence-electron chi connectivity index (χ0n) is 16.2. The van der Waals surface area contributed by atoms with Crippen molar-refractivity contribution >= 4 is 17.5 Å². The minimum atomic E-state index is -0.0444. The van der Waals surface area contributed by atoms with Crippen molar-refractivity contribution in [1.82, 2.24) is 20.0 Å². The van der Waals surface area contributed by atoms with Crippen LogP contribution in [0.4, 0.5) is 0 Å². The lowest BCUT2D eigenvalue weighted by atomic mass is 10.1. The van der Waals surface area contributed by atoms with E-state index in [1.54, 1.807) is 0 Å². The standard InChI is InChI=1S/C20H29ClN4O/c1-5-9-16-19(20(26)22-13-14-24(3)4)18(10-6-2)25(23-16)17-12-8-7-11-15(17)21/h7-8,11-12H,5-6,9-10,13-14H2,1-4H3,(H,22,26). The zero-order valence-corrected chi connectivity index (χ0v) is 16.9. The van der Waals surface area contributed by atoms with Crippen LogP contribution >= 0.6 is 11.6 Å². The molecule has 5 nitrogen and oxygen atoms in total. The zero-order chi connectivity index (χ0) is 19.1. The second-order valence-corrected chi connectivity index (χ2v) is 7.10. The molecule has 0 aliphatic heterocycles. The Hall–Kier alpha value is -1.85. The van der Waals surface area contributed by atoms with Crippen LogP contribution in [0, 0.1) is 0 Å². The van der Waals surface area contributed by atoms with Gasteiger partial charge < -0.3 is 10.2 Å². The minimum absolute atomic E-state index is 0.0444.